The fraction of sp³-hybridized carbons (Fsp3) is 0.321. The first-order chi connectivity index (χ1) is 17.1. The fourth-order valence-corrected chi connectivity index (χ4v) is 5.46. The zero-order valence-corrected chi connectivity index (χ0v) is 19.8. The van der Waals surface area contributed by atoms with Gasteiger partial charge in [-0.2, -0.15) is 0 Å². The molecule has 3 N–H and O–H groups in total. The van der Waals surface area contributed by atoms with Crippen LogP contribution in [0.1, 0.15) is 52.8 Å². The number of aromatic amines is 1. The molecule has 4 aromatic rings. The van der Waals surface area contributed by atoms with Crippen molar-refractivity contribution in [1.29, 1.82) is 0 Å². The van der Waals surface area contributed by atoms with E-state index in [1.807, 2.05) is 12.4 Å². The van der Waals surface area contributed by atoms with Gasteiger partial charge in [-0.1, -0.05) is 12.1 Å². The predicted octanol–water partition coefficient (Wildman–Crippen LogP) is 3.98. The van der Waals surface area contributed by atoms with Crippen LogP contribution in [-0.4, -0.2) is 44.0 Å². The maximum absolute atomic E-state index is 13.2. The molecule has 1 fully saturated rings. The van der Waals surface area contributed by atoms with Crippen LogP contribution < -0.4 is 5.32 Å². The Morgan fingerprint density at radius 2 is 2.14 bits per heavy atom. The molecule has 0 radical (unpaired) electrons. The number of nitrogens with one attached hydrogen (secondary N) is 2. The largest absolute Gasteiger partial charge is 0.378 e. The van der Waals surface area contributed by atoms with Crippen molar-refractivity contribution >= 4 is 16.9 Å². The lowest BCUT2D eigenvalue weighted by Crippen LogP contribution is -2.39. The van der Waals surface area contributed by atoms with Gasteiger partial charge in [-0.3, -0.25) is 9.78 Å². The number of hydrogen-bond donors (Lipinski definition) is 3. The standard InChI is InChI=1S/C28H29N5O2/c1-17-13-31-27-22(17)12-21(15-32-27)20-10-18-6-9-33(28(35)26(34)19-4-2-7-29-14-19)16-24(18)23(11-20)25-5-3-8-30-25/h2,4,7,10-15,25-26,30,34H,3,5-6,8-9,16H2,1H3,(H,31,32). The summed E-state index contributed by atoms with van der Waals surface area (Å²) in [5.41, 5.74) is 8.63. The maximum Gasteiger partial charge on any atom is 0.256 e. The second kappa shape index (κ2) is 8.91. The average molecular weight is 468 g/mol. The molecule has 2 aliphatic heterocycles. The lowest BCUT2D eigenvalue weighted by molar-refractivity contribution is -0.141. The molecule has 6 rings (SSSR count). The number of nitrogens with zero attached hydrogens (tertiary/aromatic N) is 3. The Morgan fingerprint density at radius 3 is 2.94 bits per heavy atom. The van der Waals surface area contributed by atoms with Crippen molar-refractivity contribution in [3.05, 3.63) is 82.9 Å². The van der Waals surface area contributed by atoms with E-state index in [2.05, 4.69) is 45.4 Å². The lowest BCUT2D eigenvalue weighted by Gasteiger charge is -2.33. The van der Waals surface area contributed by atoms with Crippen LogP contribution in [0.5, 0.6) is 0 Å². The van der Waals surface area contributed by atoms with Crippen LogP contribution in [0.15, 0.2) is 55.1 Å². The number of pyridine rings is 2. The molecule has 7 nitrogen and oxygen atoms in total. The molecule has 0 bridgehead atoms. The van der Waals surface area contributed by atoms with Gasteiger partial charge in [0.15, 0.2) is 6.10 Å². The molecule has 2 aliphatic rings. The molecular formula is C28H29N5O2. The summed E-state index contributed by atoms with van der Waals surface area (Å²) in [7, 11) is 0. The minimum Gasteiger partial charge on any atom is -0.378 e. The van der Waals surface area contributed by atoms with Crippen molar-refractivity contribution in [1.82, 2.24) is 25.2 Å². The molecule has 0 spiro atoms. The highest BCUT2D eigenvalue weighted by atomic mass is 16.3. The number of carbonyl (C=O) groups is 1. The van der Waals surface area contributed by atoms with Gasteiger partial charge in [0.05, 0.1) is 0 Å². The molecular weight excluding hydrogens is 438 g/mol. The van der Waals surface area contributed by atoms with Gasteiger partial charge in [0.25, 0.3) is 5.91 Å². The third kappa shape index (κ3) is 4.00. The van der Waals surface area contributed by atoms with Crippen molar-refractivity contribution in [2.24, 2.45) is 0 Å². The molecule has 7 heteroatoms. The molecule has 0 aliphatic carbocycles. The van der Waals surface area contributed by atoms with Crippen LogP contribution in [-0.2, 0) is 17.8 Å². The minimum absolute atomic E-state index is 0.268. The molecule has 0 saturated carbocycles. The summed E-state index contributed by atoms with van der Waals surface area (Å²) in [6.07, 6.45) is 8.91. The van der Waals surface area contributed by atoms with E-state index in [-0.39, 0.29) is 11.9 Å². The molecule has 3 aromatic heterocycles. The normalized spacial score (nSPS) is 18.6. The van der Waals surface area contributed by atoms with Crippen LogP contribution in [0.25, 0.3) is 22.2 Å². The van der Waals surface area contributed by atoms with Crippen LogP contribution in [0, 0.1) is 6.92 Å². The van der Waals surface area contributed by atoms with Crippen molar-refractivity contribution in [3.8, 4) is 11.1 Å². The zero-order valence-electron chi connectivity index (χ0n) is 19.8. The number of rotatable bonds is 4. The van der Waals surface area contributed by atoms with Crippen molar-refractivity contribution in [2.75, 3.05) is 13.1 Å². The van der Waals surface area contributed by atoms with E-state index in [4.69, 9.17) is 0 Å². The molecule has 2 unspecified atom stereocenters. The topological polar surface area (TPSA) is 94.1 Å². The van der Waals surface area contributed by atoms with Gasteiger partial charge in [-0.05, 0) is 78.7 Å². The summed E-state index contributed by atoms with van der Waals surface area (Å²) in [6.45, 7) is 4.19. The number of aliphatic hydroxyl groups excluding tert-OH is 1. The van der Waals surface area contributed by atoms with E-state index in [9.17, 15) is 9.90 Å². The number of aromatic nitrogens is 3. The summed E-state index contributed by atoms with van der Waals surface area (Å²) in [4.78, 5) is 26.9. The summed E-state index contributed by atoms with van der Waals surface area (Å²) >= 11 is 0. The number of aryl methyl sites for hydroxylation is 1. The minimum atomic E-state index is -1.19. The first-order valence-corrected chi connectivity index (χ1v) is 12.3. The third-order valence-corrected chi connectivity index (χ3v) is 7.43. The predicted molar refractivity (Wildman–Crippen MR) is 135 cm³/mol. The molecule has 178 valence electrons. The van der Waals surface area contributed by atoms with Crippen molar-refractivity contribution in [2.45, 2.75) is 44.9 Å². The highest BCUT2D eigenvalue weighted by molar-refractivity contribution is 5.85. The van der Waals surface area contributed by atoms with Crippen LogP contribution in [0.3, 0.4) is 0 Å². The van der Waals surface area contributed by atoms with E-state index in [0.29, 0.717) is 18.7 Å². The highest BCUT2D eigenvalue weighted by Crippen LogP contribution is 2.36. The molecule has 1 amide bonds. The van der Waals surface area contributed by atoms with Crippen LogP contribution in [0.2, 0.25) is 0 Å². The molecule has 35 heavy (non-hydrogen) atoms. The monoisotopic (exact) mass is 467 g/mol. The number of benzene rings is 1. The van der Waals surface area contributed by atoms with Gasteiger partial charge < -0.3 is 20.3 Å². The first kappa shape index (κ1) is 21.9. The van der Waals surface area contributed by atoms with E-state index >= 15 is 0 Å². The Hall–Kier alpha value is -3.55. The van der Waals surface area contributed by atoms with Crippen LogP contribution in [0.4, 0.5) is 0 Å². The zero-order chi connectivity index (χ0) is 23.9. The number of carbonyl (C=O) groups excluding carboxylic acids is 1. The molecule has 2 atom stereocenters. The van der Waals surface area contributed by atoms with Gasteiger partial charge in [0, 0.05) is 60.4 Å². The second-order valence-corrected chi connectivity index (χ2v) is 9.64. The van der Waals surface area contributed by atoms with Gasteiger partial charge in [-0.15, -0.1) is 0 Å². The summed E-state index contributed by atoms with van der Waals surface area (Å²) in [6, 6.07) is 10.5. The summed E-state index contributed by atoms with van der Waals surface area (Å²) in [5.74, 6) is -0.268. The quantitative estimate of drug-likeness (QED) is 0.422. The molecule has 1 aromatic carbocycles. The van der Waals surface area contributed by atoms with Gasteiger partial charge in [-0.25, -0.2) is 4.98 Å². The lowest BCUT2D eigenvalue weighted by atomic mass is 9.87. The SMILES string of the molecule is Cc1c[nH]c2ncc(-c3cc4c(c(C5CCCN5)c3)CN(C(=O)C(O)c3cccnc3)CC4)cc12. The fourth-order valence-electron chi connectivity index (χ4n) is 5.46. The number of hydrogen-bond acceptors (Lipinski definition) is 5. The van der Waals surface area contributed by atoms with Crippen molar-refractivity contribution in [3.63, 3.8) is 0 Å². The Morgan fingerprint density at radius 1 is 1.23 bits per heavy atom. The van der Waals surface area contributed by atoms with Gasteiger partial charge >= 0.3 is 0 Å². The average Bonchev–Trinajstić information content (AvgIpc) is 3.57. The van der Waals surface area contributed by atoms with E-state index in [1.54, 1.807) is 29.4 Å². The van der Waals surface area contributed by atoms with E-state index in [1.165, 1.54) is 22.3 Å². The van der Waals surface area contributed by atoms with Crippen LogP contribution >= 0.6 is 0 Å². The van der Waals surface area contributed by atoms with E-state index < -0.39 is 6.10 Å². The Kier molecular flexibility index (Phi) is 5.59. The molecule has 1 saturated heterocycles. The van der Waals surface area contributed by atoms with Gasteiger partial charge in [0.2, 0.25) is 0 Å². The smallest absolute Gasteiger partial charge is 0.256 e. The number of fused-ring (bicyclic) bond motifs is 2. The van der Waals surface area contributed by atoms with Gasteiger partial charge in [0.1, 0.15) is 5.65 Å². The summed E-state index contributed by atoms with van der Waals surface area (Å²) in [5, 5.41) is 15.5. The maximum atomic E-state index is 13.2. The number of amides is 1. The number of aliphatic hydroxyl groups is 1. The van der Waals surface area contributed by atoms with E-state index in [0.717, 1.165) is 48.0 Å². The Bertz CT molecular complexity index is 1390. The third-order valence-electron chi connectivity index (χ3n) is 7.43. The molecule has 5 heterocycles. The summed E-state index contributed by atoms with van der Waals surface area (Å²) < 4.78 is 0. The number of H-pyrrole nitrogens is 1. The highest BCUT2D eigenvalue weighted by Gasteiger charge is 2.31. The second-order valence-electron chi connectivity index (χ2n) is 9.64. The Labute approximate surface area is 204 Å². The first-order valence-electron chi connectivity index (χ1n) is 12.3. The Balaban J connectivity index is 1.36. The van der Waals surface area contributed by atoms with Crippen molar-refractivity contribution < 1.29 is 9.90 Å².